The van der Waals surface area contributed by atoms with Crippen LogP contribution in [-0.2, 0) is 19.7 Å². The molecule has 0 spiro atoms. The smallest absolute Gasteiger partial charge is 0.180 e. The largest absolute Gasteiger partial charge is 0.490 e. The molecule has 0 radical (unpaired) electrons. The Hall–Kier alpha value is -2.50. The lowest BCUT2D eigenvalue weighted by atomic mass is 10.1. The van der Waals surface area contributed by atoms with Crippen molar-refractivity contribution >= 4 is 11.6 Å². The van der Waals surface area contributed by atoms with Crippen LogP contribution in [0.1, 0.15) is 30.0 Å². The SMILES string of the molecule is CCOc1cc(CNCCCn2ccnc2)cc(Cl)c1OCc1ccccc1C. The molecule has 0 unspecified atom stereocenters. The standard InChI is InChI=1S/C23H28ClN3O2/c1-3-28-22-14-19(15-25-9-6-11-27-12-10-26-17-27)13-21(24)23(22)29-16-20-8-5-4-7-18(20)2/h4-5,7-8,10,12-14,17,25H,3,6,9,11,15-16H2,1-2H3. The molecule has 6 heteroatoms. The number of nitrogens with zero attached hydrogens (tertiary/aromatic N) is 2. The zero-order valence-corrected chi connectivity index (χ0v) is 17.8. The van der Waals surface area contributed by atoms with Crippen LogP contribution in [0.4, 0.5) is 0 Å². The number of nitrogens with one attached hydrogen (secondary N) is 1. The van der Waals surface area contributed by atoms with Crippen molar-refractivity contribution in [3.63, 3.8) is 0 Å². The highest BCUT2D eigenvalue weighted by atomic mass is 35.5. The Morgan fingerprint density at radius 3 is 2.79 bits per heavy atom. The van der Waals surface area contributed by atoms with Gasteiger partial charge in [0.15, 0.2) is 11.5 Å². The number of aromatic nitrogens is 2. The van der Waals surface area contributed by atoms with Crippen molar-refractivity contribution in [2.45, 2.75) is 40.0 Å². The minimum absolute atomic E-state index is 0.457. The summed E-state index contributed by atoms with van der Waals surface area (Å²) in [4.78, 5) is 4.06. The molecule has 0 bridgehead atoms. The maximum Gasteiger partial charge on any atom is 0.180 e. The van der Waals surface area contributed by atoms with Gasteiger partial charge in [0.25, 0.3) is 0 Å². The van der Waals surface area contributed by atoms with Gasteiger partial charge in [0.05, 0.1) is 18.0 Å². The molecule has 0 aliphatic heterocycles. The second-order valence-electron chi connectivity index (χ2n) is 6.88. The number of hydrogen-bond acceptors (Lipinski definition) is 4. The second kappa shape index (κ2) is 10.9. The van der Waals surface area contributed by atoms with Crippen LogP contribution in [0, 0.1) is 6.92 Å². The predicted octanol–water partition coefficient (Wildman–Crippen LogP) is 5.00. The van der Waals surface area contributed by atoms with Crippen LogP contribution in [0.3, 0.4) is 0 Å². The molecule has 5 nitrogen and oxygen atoms in total. The number of imidazole rings is 1. The highest BCUT2D eigenvalue weighted by Crippen LogP contribution is 2.37. The average molecular weight is 414 g/mol. The van der Waals surface area contributed by atoms with Crippen molar-refractivity contribution in [2.24, 2.45) is 0 Å². The fourth-order valence-corrected chi connectivity index (χ4v) is 3.37. The zero-order chi connectivity index (χ0) is 20.5. The van der Waals surface area contributed by atoms with E-state index in [2.05, 4.69) is 33.9 Å². The summed E-state index contributed by atoms with van der Waals surface area (Å²) in [6, 6.07) is 12.1. The molecular formula is C23H28ClN3O2. The molecule has 3 aromatic rings. The van der Waals surface area contributed by atoms with Crippen LogP contribution < -0.4 is 14.8 Å². The first-order valence-electron chi connectivity index (χ1n) is 9.96. The molecule has 2 aromatic carbocycles. The third-order valence-electron chi connectivity index (χ3n) is 4.66. The number of aryl methyl sites for hydroxylation is 2. The molecule has 154 valence electrons. The molecule has 0 saturated heterocycles. The highest BCUT2D eigenvalue weighted by molar-refractivity contribution is 6.32. The van der Waals surface area contributed by atoms with E-state index in [-0.39, 0.29) is 0 Å². The zero-order valence-electron chi connectivity index (χ0n) is 17.0. The van der Waals surface area contributed by atoms with Crippen LogP contribution in [0.25, 0.3) is 0 Å². The van der Waals surface area contributed by atoms with E-state index in [0.717, 1.165) is 37.2 Å². The lowest BCUT2D eigenvalue weighted by molar-refractivity contribution is 0.268. The summed E-state index contributed by atoms with van der Waals surface area (Å²) >= 11 is 6.54. The molecule has 1 N–H and O–H groups in total. The summed E-state index contributed by atoms with van der Waals surface area (Å²) in [6.07, 6.45) is 6.64. The lowest BCUT2D eigenvalue weighted by Crippen LogP contribution is -2.16. The minimum Gasteiger partial charge on any atom is -0.490 e. The Morgan fingerprint density at radius 2 is 2.03 bits per heavy atom. The number of rotatable bonds is 11. The Balaban J connectivity index is 1.58. The van der Waals surface area contributed by atoms with E-state index in [1.807, 2.05) is 43.7 Å². The Morgan fingerprint density at radius 1 is 1.17 bits per heavy atom. The fourth-order valence-electron chi connectivity index (χ4n) is 3.09. The van der Waals surface area contributed by atoms with Gasteiger partial charge in [0.2, 0.25) is 0 Å². The molecule has 1 aromatic heterocycles. The monoisotopic (exact) mass is 413 g/mol. The highest BCUT2D eigenvalue weighted by Gasteiger charge is 2.13. The van der Waals surface area contributed by atoms with Crippen molar-refractivity contribution in [1.82, 2.24) is 14.9 Å². The van der Waals surface area contributed by atoms with Crippen molar-refractivity contribution in [2.75, 3.05) is 13.2 Å². The second-order valence-corrected chi connectivity index (χ2v) is 7.29. The van der Waals surface area contributed by atoms with Crippen molar-refractivity contribution in [1.29, 1.82) is 0 Å². The van der Waals surface area contributed by atoms with Gasteiger partial charge in [-0.2, -0.15) is 0 Å². The van der Waals surface area contributed by atoms with E-state index in [9.17, 15) is 0 Å². The van der Waals surface area contributed by atoms with E-state index in [1.165, 1.54) is 5.56 Å². The molecule has 0 atom stereocenters. The van der Waals surface area contributed by atoms with Crippen molar-refractivity contribution in [3.8, 4) is 11.5 Å². The first-order valence-corrected chi connectivity index (χ1v) is 10.3. The van der Waals surface area contributed by atoms with Gasteiger partial charge >= 0.3 is 0 Å². The predicted molar refractivity (Wildman–Crippen MR) is 117 cm³/mol. The lowest BCUT2D eigenvalue weighted by Gasteiger charge is -2.16. The van der Waals surface area contributed by atoms with E-state index < -0.39 is 0 Å². The maximum atomic E-state index is 6.54. The van der Waals surface area contributed by atoms with Crippen LogP contribution in [-0.4, -0.2) is 22.7 Å². The van der Waals surface area contributed by atoms with Crippen LogP contribution in [0.2, 0.25) is 5.02 Å². The van der Waals surface area contributed by atoms with Crippen LogP contribution in [0.15, 0.2) is 55.1 Å². The fraction of sp³-hybridized carbons (Fsp3) is 0.348. The van der Waals surface area contributed by atoms with E-state index in [0.29, 0.717) is 29.7 Å². The van der Waals surface area contributed by atoms with Gasteiger partial charge in [-0.15, -0.1) is 0 Å². The number of ether oxygens (including phenoxy) is 2. The van der Waals surface area contributed by atoms with Gasteiger partial charge in [0, 0.05) is 25.5 Å². The molecule has 0 aliphatic rings. The number of hydrogen-bond donors (Lipinski definition) is 1. The maximum absolute atomic E-state index is 6.54. The van der Waals surface area contributed by atoms with Gasteiger partial charge < -0.3 is 19.4 Å². The molecule has 0 saturated carbocycles. The van der Waals surface area contributed by atoms with Crippen molar-refractivity contribution < 1.29 is 9.47 Å². The Kier molecular flexibility index (Phi) is 7.96. The quantitative estimate of drug-likeness (QED) is 0.449. The van der Waals surface area contributed by atoms with Crippen LogP contribution in [0.5, 0.6) is 11.5 Å². The molecule has 0 aliphatic carbocycles. The van der Waals surface area contributed by atoms with Gasteiger partial charge in [0.1, 0.15) is 6.61 Å². The van der Waals surface area contributed by atoms with Crippen LogP contribution >= 0.6 is 11.6 Å². The summed E-state index contributed by atoms with van der Waals surface area (Å²) in [6.45, 7) is 7.62. The number of halogens is 1. The van der Waals surface area contributed by atoms with Gasteiger partial charge in [-0.05, 0) is 55.6 Å². The Bertz CT molecular complexity index is 897. The molecular weight excluding hydrogens is 386 g/mol. The topological polar surface area (TPSA) is 48.3 Å². The van der Waals surface area contributed by atoms with Crippen molar-refractivity contribution in [3.05, 3.63) is 76.8 Å². The summed E-state index contributed by atoms with van der Waals surface area (Å²) in [5.74, 6) is 1.28. The molecule has 0 fully saturated rings. The number of benzene rings is 2. The van der Waals surface area contributed by atoms with Gasteiger partial charge in [-0.1, -0.05) is 35.9 Å². The normalized spacial score (nSPS) is 10.9. The summed E-state index contributed by atoms with van der Waals surface area (Å²) < 4.78 is 13.9. The minimum atomic E-state index is 0.457. The summed E-state index contributed by atoms with van der Waals surface area (Å²) in [5.41, 5.74) is 3.40. The molecule has 1 heterocycles. The first-order chi connectivity index (χ1) is 14.2. The molecule has 3 rings (SSSR count). The third kappa shape index (κ3) is 6.24. The van der Waals surface area contributed by atoms with Gasteiger partial charge in [-0.25, -0.2) is 4.98 Å². The first kappa shape index (κ1) is 21.2. The van der Waals surface area contributed by atoms with E-state index in [4.69, 9.17) is 21.1 Å². The molecule has 29 heavy (non-hydrogen) atoms. The summed E-state index contributed by atoms with van der Waals surface area (Å²) in [7, 11) is 0. The Labute approximate surface area is 177 Å². The van der Waals surface area contributed by atoms with E-state index >= 15 is 0 Å². The van der Waals surface area contributed by atoms with Gasteiger partial charge in [-0.3, -0.25) is 0 Å². The van der Waals surface area contributed by atoms with E-state index in [1.54, 1.807) is 6.20 Å². The third-order valence-corrected chi connectivity index (χ3v) is 4.94. The summed E-state index contributed by atoms with van der Waals surface area (Å²) in [5, 5.41) is 4.03. The average Bonchev–Trinajstić information content (AvgIpc) is 3.22. The molecule has 0 amide bonds.